The number of carbonyl (C=O) groups excluding carboxylic acids is 1. The molecule has 28 heavy (non-hydrogen) atoms. The van der Waals surface area contributed by atoms with Crippen molar-refractivity contribution in [3.63, 3.8) is 0 Å². The number of aromatic nitrogens is 3. The minimum absolute atomic E-state index is 0.0282. The molecule has 0 bridgehead atoms. The van der Waals surface area contributed by atoms with Crippen LogP contribution < -0.4 is 5.32 Å². The molecule has 1 aliphatic rings. The highest BCUT2D eigenvalue weighted by molar-refractivity contribution is 5.91. The topological polar surface area (TPSA) is 59.8 Å². The quantitative estimate of drug-likeness (QED) is 0.697. The van der Waals surface area contributed by atoms with Crippen LogP contribution in [0.4, 0.5) is 5.69 Å². The van der Waals surface area contributed by atoms with Crippen LogP contribution in [0.3, 0.4) is 0 Å². The number of nitrogens with one attached hydrogen (secondary N) is 1. The van der Waals surface area contributed by atoms with E-state index in [1.807, 2.05) is 42.5 Å². The number of amides is 1. The molecule has 0 saturated carbocycles. The Kier molecular flexibility index (Phi) is 5.51. The number of nitrogens with zero attached hydrogens (tertiary/aromatic N) is 3. The third-order valence-electron chi connectivity index (χ3n) is 5.40. The molecule has 4 rings (SSSR count). The van der Waals surface area contributed by atoms with Crippen molar-refractivity contribution in [1.82, 2.24) is 14.8 Å². The molecule has 1 atom stereocenters. The molecule has 0 aliphatic carbocycles. The van der Waals surface area contributed by atoms with E-state index >= 15 is 0 Å². The molecule has 1 unspecified atom stereocenters. The molecule has 1 aromatic heterocycles. The second-order valence-corrected chi connectivity index (χ2v) is 7.54. The molecular weight excluding hydrogens is 348 g/mol. The summed E-state index contributed by atoms with van der Waals surface area (Å²) in [5.74, 6) is 2.22. The molecule has 1 amide bonds. The summed E-state index contributed by atoms with van der Waals surface area (Å²) in [4.78, 5) is 12.4. The van der Waals surface area contributed by atoms with Crippen LogP contribution in [0.1, 0.15) is 49.9 Å². The van der Waals surface area contributed by atoms with Crippen molar-refractivity contribution in [2.75, 3.05) is 5.32 Å². The molecule has 2 heterocycles. The first-order valence-electron chi connectivity index (χ1n) is 10.1. The molecule has 0 radical (unpaired) electrons. The van der Waals surface area contributed by atoms with Crippen molar-refractivity contribution in [3.8, 4) is 11.4 Å². The van der Waals surface area contributed by atoms with Gasteiger partial charge in [-0.05, 0) is 48.6 Å². The minimum atomic E-state index is 0.0282. The highest BCUT2D eigenvalue weighted by Gasteiger charge is 2.16. The molecule has 1 aliphatic heterocycles. The highest BCUT2D eigenvalue weighted by atomic mass is 16.1. The van der Waals surface area contributed by atoms with Crippen molar-refractivity contribution >= 4 is 11.6 Å². The van der Waals surface area contributed by atoms with Crippen LogP contribution in [0.15, 0.2) is 54.6 Å². The lowest BCUT2D eigenvalue weighted by Crippen LogP contribution is -2.14. The summed E-state index contributed by atoms with van der Waals surface area (Å²) < 4.78 is 2.24. The van der Waals surface area contributed by atoms with Crippen molar-refractivity contribution in [2.45, 2.75) is 51.5 Å². The predicted octanol–water partition coefficient (Wildman–Crippen LogP) is 4.80. The molecule has 2 aromatic carbocycles. The number of rotatable bonds is 5. The van der Waals surface area contributed by atoms with Crippen molar-refractivity contribution in [2.24, 2.45) is 0 Å². The maximum Gasteiger partial charge on any atom is 0.224 e. The molecule has 5 heteroatoms. The van der Waals surface area contributed by atoms with E-state index in [1.54, 1.807) is 0 Å². The zero-order valence-corrected chi connectivity index (χ0v) is 16.3. The van der Waals surface area contributed by atoms with Gasteiger partial charge in [0, 0.05) is 30.6 Å². The smallest absolute Gasteiger partial charge is 0.224 e. The normalized spacial score (nSPS) is 14.8. The Morgan fingerprint density at radius 3 is 2.61 bits per heavy atom. The average Bonchev–Trinajstić information content (AvgIpc) is 2.97. The van der Waals surface area contributed by atoms with E-state index in [9.17, 15) is 4.79 Å². The van der Waals surface area contributed by atoms with Crippen molar-refractivity contribution in [1.29, 1.82) is 0 Å². The van der Waals surface area contributed by atoms with E-state index in [4.69, 9.17) is 0 Å². The van der Waals surface area contributed by atoms with Gasteiger partial charge in [0.05, 0.1) is 0 Å². The van der Waals surface area contributed by atoms with Crippen LogP contribution in [-0.2, 0) is 17.8 Å². The molecule has 1 N–H and O–H groups in total. The monoisotopic (exact) mass is 374 g/mol. The van der Waals surface area contributed by atoms with E-state index < -0.39 is 0 Å². The maximum atomic E-state index is 12.4. The van der Waals surface area contributed by atoms with Gasteiger partial charge < -0.3 is 9.88 Å². The first-order valence-corrected chi connectivity index (χ1v) is 10.1. The molecule has 0 spiro atoms. The van der Waals surface area contributed by atoms with E-state index in [0.717, 1.165) is 35.9 Å². The van der Waals surface area contributed by atoms with Gasteiger partial charge in [-0.15, -0.1) is 10.2 Å². The van der Waals surface area contributed by atoms with Gasteiger partial charge in [-0.25, -0.2) is 0 Å². The zero-order valence-electron chi connectivity index (χ0n) is 16.3. The number of fused-ring (bicyclic) bond motifs is 1. The van der Waals surface area contributed by atoms with Gasteiger partial charge in [0.1, 0.15) is 5.82 Å². The zero-order chi connectivity index (χ0) is 19.3. The Morgan fingerprint density at radius 2 is 1.82 bits per heavy atom. The van der Waals surface area contributed by atoms with Crippen LogP contribution in [0, 0.1) is 0 Å². The van der Waals surface area contributed by atoms with Gasteiger partial charge in [0.25, 0.3) is 0 Å². The Balaban J connectivity index is 1.41. The summed E-state index contributed by atoms with van der Waals surface area (Å²) in [6, 6.07) is 18.0. The van der Waals surface area contributed by atoms with E-state index in [2.05, 4.69) is 39.1 Å². The van der Waals surface area contributed by atoms with Gasteiger partial charge in [0.2, 0.25) is 5.91 Å². The number of benzene rings is 2. The lowest BCUT2D eigenvalue weighted by atomic mass is 9.97. The van der Waals surface area contributed by atoms with Gasteiger partial charge in [-0.3, -0.25) is 4.79 Å². The standard InChI is InChI=1S/C23H26N4O/c1-17(18-8-4-2-5-9-18)16-22(28)24-20-13-11-19(12-14-20)23-26-25-21-10-6-3-7-15-27(21)23/h2,4-5,8-9,11-14,17H,3,6-7,10,15-16H2,1H3,(H,24,28). The van der Waals surface area contributed by atoms with Gasteiger partial charge >= 0.3 is 0 Å². The van der Waals surface area contributed by atoms with E-state index in [0.29, 0.717) is 6.42 Å². The van der Waals surface area contributed by atoms with E-state index in [-0.39, 0.29) is 11.8 Å². The summed E-state index contributed by atoms with van der Waals surface area (Å²) in [5.41, 5.74) is 3.03. The molecular formula is C23H26N4O. The Bertz CT molecular complexity index is 931. The maximum absolute atomic E-state index is 12.4. The van der Waals surface area contributed by atoms with Crippen LogP contribution in [0.5, 0.6) is 0 Å². The van der Waals surface area contributed by atoms with Crippen LogP contribution >= 0.6 is 0 Å². The van der Waals surface area contributed by atoms with Crippen LogP contribution in [-0.4, -0.2) is 20.7 Å². The Morgan fingerprint density at radius 1 is 1.04 bits per heavy atom. The van der Waals surface area contributed by atoms with Gasteiger partial charge in [-0.1, -0.05) is 43.7 Å². The van der Waals surface area contributed by atoms with E-state index in [1.165, 1.54) is 24.8 Å². The number of carbonyl (C=O) groups is 1. The fourth-order valence-electron chi connectivity index (χ4n) is 3.79. The van der Waals surface area contributed by atoms with Gasteiger partial charge in [0.15, 0.2) is 5.82 Å². The Hall–Kier alpha value is -2.95. The lowest BCUT2D eigenvalue weighted by Gasteiger charge is -2.12. The fourth-order valence-corrected chi connectivity index (χ4v) is 3.79. The summed E-state index contributed by atoms with van der Waals surface area (Å²) in [6.45, 7) is 3.06. The first-order chi connectivity index (χ1) is 13.7. The van der Waals surface area contributed by atoms with Crippen LogP contribution in [0.2, 0.25) is 0 Å². The minimum Gasteiger partial charge on any atom is -0.326 e. The molecule has 0 fully saturated rings. The number of hydrogen-bond acceptors (Lipinski definition) is 3. The second-order valence-electron chi connectivity index (χ2n) is 7.54. The van der Waals surface area contributed by atoms with Crippen LogP contribution in [0.25, 0.3) is 11.4 Å². The molecule has 144 valence electrons. The number of anilines is 1. The third-order valence-corrected chi connectivity index (χ3v) is 5.40. The SMILES string of the molecule is CC(CC(=O)Nc1ccc(-c2nnc3n2CCCCC3)cc1)c1ccccc1. The fraction of sp³-hybridized carbons (Fsp3) is 0.348. The molecule has 0 saturated heterocycles. The van der Waals surface area contributed by atoms with Crippen molar-refractivity contribution < 1.29 is 4.79 Å². The molecule has 5 nitrogen and oxygen atoms in total. The molecule has 3 aromatic rings. The summed E-state index contributed by atoms with van der Waals surface area (Å²) in [5, 5.41) is 11.8. The lowest BCUT2D eigenvalue weighted by molar-refractivity contribution is -0.116. The summed E-state index contributed by atoms with van der Waals surface area (Å²) in [6.07, 6.45) is 5.07. The summed E-state index contributed by atoms with van der Waals surface area (Å²) >= 11 is 0. The first kappa shape index (κ1) is 18.4. The third kappa shape index (κ3) is 4.14. The Labute approximate surface area is 165 Å². The largest absolute Gasteiger partial charge is 0.326 e. The predicted molar refractivity (Wildman–Crippen MR) is 111 cm³/mol. The summed E-state index contributed by atoms with van der Waals surface area (Å²) in [7, 11) is 0. The number of aryl methyl sites for hydroxylation is 1. The highest BCUT2D eigenvalue weighted by Crippen LogP contribution is 2.24. The van der Waals surface area contributed by atoms with Gasteiger partial charge in [-0.2, -0.15) is 0 Å². The van der Waals surface area contributed by atoms with Crippen molar-refractivity contribution in [3.05, 3.63) is 66.0 Å². The average molecular weight is 374 g/mol. The second kappa shape index (κ2) is 8.38. The number of hydrogen-bond donors (Lipinski definition) is 1.